The third-order valence-electron chi connectivity index (χ3n) is 6.21. The van der Waals surface area contributed by atoms with E-state index >= 15 is 0 Å². The number of aromatic nitrogens is 2. The van der Waals surface area contributed by atoms with Crippen LogP contribution < -0.4 is 14.9 Å². The molecule has 0 unspecified atom stereocenters. The summed E-state index contributed by atoms with van der Waals surface area (Å²) in [4.78, 5) is 36.3. The van der Waals surface area contributed by atoms with Crippen LogP contribution in [0.1, 0.15) is 12.0 Å². The van der Waals surface area contributed by atoms with Crippen molar-refractivity contribution in [2.24, 2.45) is 0 Å². The number of aliphatic carboxylic acids is 1. The summed E-state index contributed by atoms with van der Waals surface area (Å²) in [5, 5.41) is 11.1. The number of hydrogen-bond donors (Lipinski definition) is 3. The van der Waals surface area contributed by atoms with E-state index in [0.29, 0.717) is 16.6 Å². The number of rotatable bonds is 8. The van der Waals surface area contributed by atoms with E-state index in [1.54, 1.807) is 25.1 Å². The Hall–Kier alpha value is -3.71. The van der Waals surface area contributed by atoms with Gasteiger partial charge in [-0.05, 0) is 41.6 Å². The van der Waals surface area contributed by atoms with Crippen LogP contribution in [0.5, 0.6) is 0 Å². The second-order valence-electron chi connectivity index (χ2n) is 8.73. The highest BCUT2D eigenvalue weighted by atomic mass is 35.5. The van der Waals surface area contributed by atoms with Crippen LogP contribution in [-0.2, 0) is 26.9 Å². The number of nitrogen functional groups attached to an aromatic ring is 1. The van der Waals surface area contributed by atoms with Gasteiger partial charge < -0.3 is 20.6 Å². The van der Waals surface area contributed by atoms with Crippen molar-refractivity contribution in [1.29, 1.82) is 0 Å². The third-order valence-corrected chi connectivity index (χ3v) is 7.35. The SMILES string of the molecule is CN(C)c1ncc(N([C@H]2CCN([C@H](Cc3cc4ccnc(N)c4cc3F)C(=O)O)C2=O)[SH](=O)=O)cc1Cl. The predicted molar refractivity (Wildman–Crippen MR) is 138 cm³/mol. The van der Waals surface area contributed by atoms with Gasteiger partial charge in [0.1, 0.15) is 29.5 Å². The number of halogens is 2. The van der Waals surface area contributed by atoms with E-state index in [0.717, 1.165) is 9.21 Å². The summed E-state index contributed by atoms with van der Waals surface area (Å²) in [6, 6.07) is 3.03. The maximum Gasteiger partial charge on any atom is 0.326 e. The van der Waals surface area contributed by atoms with Crippen LogP contribution in [0.25, 0.3) is 10.8 Å². The molecule has 2 atom stereocenters. The molecule has 1 aliphatic rings. The summed E-state index contributed by atoms with van der Waals surface area (Å²) in [5.41, 5.74) is 5.94. The molecule has 11 nitrogen and oxygen atoms in total. The number of thiol groups is 1. The predicted octanol–water partition coefficient (Wildman–Crippen LogP) is 1.70. The van der Waals surface area contributed by atoms with Crippen LogP contribution in [-0.4, -0.2) is 73.0 Å². The zero-order valence-electron chi connectivity index (χ0n) is 19.8. The number of likely N-dealkylation sites (tertiary alicyclic amines) is 1. The molecule has 0 radical (unpaired) electrons. The fourth-order valence-electron chi connectivity index (χ4n) is 4.45. The van der Waals surface area contributed by atoms with E-state index in [4.69, 9.17) is 17.3 Å². The van der Waals surface area contributed by atoms with Crippen molar-refractivity contribution in [2.75, 3.05) is 35.6 Å². The van der Waals surface area contributed by atoms with Crippen molar-refractivity contribution in [3.63, 3.8) is 0 Å². The fraction of sp³-hybridized carbons (Fsp3) is 0.304. The van der Waals surface area contributed by atoms with E-state index in [-0.39, 0.29) is 41.5 Å². The van der Waals surface area contributed by atoms with E-state index in [1.165, 1.54) is 30.6 Å². The summed E-state index contributed by atoms with van der Waals surface area (Å²) in [6.45, 7) is -0.0385. The highest BCUT2D eigenvalue weighted by Crippen LogP contribution is 2.31. The van der Waals surface area contributed by atoms with Crippen LogP contribution in [0.4, 0.5) is 21.7 Å². The Bertz CT molecular complexity index is 1460. The number of carboxylic acids is 1. The lowest BCUT2D eigenvalue weighted by Crippen LogP contribution is -2.48. The van der Waals surface area contributed by atoms with E-state index in [9.17, 15) is 27.5 Å². The molecule has 1 aromatic carbocycles. The molecule has 1 saturated heterocycles. The Morgan fingerprint density at radius 3 is 2.68 bits per heavy atom. The van der Waals surface area contributed by atoms with Gasteiger partial charge in [-0.2, -0.15) is 0 Å². The number of carbonyl (C=O) groups excluding carboxylic acids is 1. The van der Waals surface area contributed by atoms with Gasteiger partial charge in [0.15, 0.2) is 0 Å². The van der Waals surface area contributed by atoms with Gasteiger partial charge in [0, 0.05) is 38.6 Å². The third kappa shape index (κ3) is 5.09. The van der Waals surface area contributed by atoms with Gasteiger partial charge in [-0.3, -0.25) is 9.10 Å². The summed E-state index contributed by atoms with van der Waals surface area (Å²) in [6.07, 6.45) is 2.43. The first-order valence-electron chi connectivity index (χ1n) is 11.1. The topological polar surface area (TPSA) is 150 Å². The minimum Gasteiger partial charge on any atom is -0.480 e. The first-order chi connectivity index (χ1) is 17.5. The van der Waals surface area contributed by atoms with Crippen molar-refractivity contribution in [2.45, 2.75) is 24.9 Å². The smallest absolute Gasteiger partial charge is 0.326 e. The second-order valence-corrected chi connectivity index (χ2v) is 10.0. The summed E-state index contributed by atoms with van der Waals surface area (Å²) < 4.78 is 40.1. The molecule has 0 bridgehead atoms. The molecule has 3 N–H and O–H groups in total. The number of amides is 1. The number of carboxylic acid groups (broad SMARTS) is 1. The molecule has 0 saturated carbocycles. The number of nitrogens with two attached hydrogens (primary N) is 1. The number of anilines is 3. The van der Waals surface area contributed by atoms with Gasteiger partial charge in [-0.15, -0.1) is 0 Å². The van der Waals surface area contributed by atoms with Gasteiger partial charge in [-0.1, -0.05) is 11.6 Å². The van der Waals surface area contributed by atoms with Crippen LogP contribution >= 0.6 is 11.6 Å². The molecule has 4 rings (SSSR count). The van der Waals surface area contributed by atoms with Gasteiger partial charge >= 0.3 is 5.97 Å². The Balaban J connectivity index is 1.63. The molecule has 1 fully saturated rings. The summed E-state index contributed by atoms with van der Waals surface area (Å²) >= 11 is 6.25. The molecule has 37 heavy (non-hydrogen) atoms. The molecule has 196 valence electrons. The number of hydrogen-bond acceptors (Lipinski definition) is 8. The lowest BCUT2D eigenvalue weighted by Gasteiger charge is -2.27. The first-order valence-corrected chi connectivity index (χ1v) is 12.6. The Kier molecular flexibility index (Phi) is 7.37. The first kappa shape index (κ1) is 26.4. The molecule has 2 aromatic heterocycles. The average Bonchev–Trinajstić information content (AvgIpc) is 3.18. The van der Waals surface area contributed by atoms with Crippen LogP contribution in [0.15, 0.2) is 36.7 Å². The molecule has 3 heterocycles. The Morgan fingerprint density at radius 2 is 2.05 bits per heavy atom. The minimum atomic E-state index is -3.30. The summed E-state index contributed by atoms with van der Waals surface area (Å²) in [7, 11) is 0.137. The van der Waals surface area contributed by atoms with Crippen molar-refractivity contribution in [3.05, 3.63) is 53.1 Å². The van der Waals surface area contributed by atoms with Crippen molar-refractivity contribution in [3.8, 4) is 0 Å². The molecule has 0 aliphatic carbocycles. The lowest BCUT2D eigenvalue weighted by atomic mass is 10.0. The van der Waals surface area contributed by atoms with Gasteiger partial charge in [0.05, 0.1) is 16.9 Å². The Morgan fingerprint density at radius 1 is 1.32 bits per heavy atom. The number of pyridine rings is 2. The zero-order chi connectivity index (χ0) is 27.0. The standard InChI is InChI=1S/C23H24ClFN6O5S/c1-29(2)21-16(24)9-14(11-28-21)31(37(35)36)18-4-6-30(22(18)32)19(23(33)34)8-13-7-12-3-5-27-20(26)15(12)10-17(13)25/h3,5,7,9-11,18-19,37H,4,6,8H2,1-2H3,(H2,26,27)(H,33,34)/t18-,19+/m0/s1. The zero-order valence-corrected chi connectivity index (χ0v) is 21.5. The van der Waals surface area contributed by atoms with E-state index in [1.807, 2.05) is 0 Å². The monoisotopic (exact) mass is 550 g/mol. The molecule has 1 aliphatic heterocycles. The maximum absolute atomic E-state index is 14.9. The van der Waals surface area contributed by atoms with Crippen LogP contribution in [0.3, 0.4) is 0 Å². The minimum absolute atomic E-state index is 0.0291. The molecule has 14 heteroatoms. The number of nitrogens with zero attached hydrogens (tertiary/aromatic N) is 5. The summed E-state index contributed by atoms with van der Waals surface area (Å²) in [5.74, 6) is -2.20. The van der Waals surface area contributed by atoms with Crippen molar-refractivity contribution < 1.29 is 27.5 Å². The number of carbonyl (C=O) groups is 2. The Labute approximate surface area is 218 Å². The normalized spacial score (nSPS) is 16.4. The van der Waals surface area contributed by atoms with Gasteiger partial charge in [0.2, 0.25) is 16.8 Å². The molecular formula is C23H24ClFN6O5S. The molecule has 1 amide bonds. The van der Waals surface area contributed by atoms with Crippen LogP contribution in [0, 0.1) is 5.82 Å². The lowest BCUT2D eigenvalue weighted by molar-refractivity contribution is -0.148. The van der Waals surface area contributed by atoms with Gasteiger partial charge in [0.25, 0.3) is 0 Å². The number of fused-ring (bicyclic) bond motifs is 1. The largest absolute Gasteiger partial charge is 0.480 e. The highest BCUT2D eigenvalue weighted by molar-refractivity contribution is 7.74. The maximum atomic E-state index is 14.9. The fourth-order valence-corrected chi connectivity index (χ4v) is 5.52. The molecular weight excluding hydrogens is 527 g/mol. The van der Waals surface area contributed by atoms with Crippen molar-refractivity contribution in [1.82, 2.24) is 14.9 Å². The number of benzene rings is 1. The quantitative estimate of drug-likeness (QED) is 0.356. The van der Waals surface area contributed by atoms with Gasteiger partial charge in [-0.25, -0.2) is 27.6 Å². The van der Waals surface area contributed by atoms with Crippen LogP contribution in [0.2, 0.25) is 5.02 Å². The molecule has 0 spiro atoms. The highest BCUT2D eigenvalue weighted by Gasteiger charge is 2.43. The van der Waals surface area contributed by atoms with Crippen molar-refractivity contribution >= 4 is 62.5 Å². The van der Waals surface area contributed by atoms with E-state index in [2.05, 4.69) is 9.97 Å². The second kappa shape index (κ2) is 10.3. The molecule has 3 aromatic rings. The van der Waals surface area contributed by atoms with E-state index < -0.39 is 40.7 Å². The average molecular weight is 551 g/mol.